The van der Waals surface area contributed by atoms with Crippen LogP contribution < -0.4 is 5.32 Å². The lowest BCUT2D eigenvalue weighted by Gasteiger charge is -2.27. The molecule has 0 saturated heterocycles. The lowest BCUT2D eigenvalue weighted by molar-refractivity contribution is -0.121. The predicted molar refractivity (Wildman–Crippen MR) is 72.8 cm³/mol. The molecule has 0 atom stereocenters. The van der Waals surface area contributed by atoms with E-state index in [4.69, 9.17) is 5.11 Å². The molecule has 104 valence electrons. The second-order valence-corrected chi connectivity index (χ2v) is 5.31. The van der Waals surface area contributed by atoms with Crippen LogP contribution in [0.25, 0.3) is 0 Å². The van der Waals surface area contributed by atoms with E-state index in [1.54, 1.807) is 18.2 Å². The molecule has 4 nitrogen and oxygen atoms in total. The maximum Gasteiger partial charge on any atom is 0.224 e. The summed E-state index contributed by atoms with van der Waals surface area (Å²) in [5.74, 6) is 0.589. The Bertz CT molecular complexity index is 425. The minimum absolute atomic E-state index is 0.00181. The summed E-state index contributed by atoms with van der Waals surface area (Å²) in [7, 11) is 0. The average Bonchev–Trinajstić information content (AvgIpc) is 2.39. The number of aromatic hydroxyl groups is 1. The van der Waals surface area contributed by atoms with Crippen molar-refractivity contribution in [1.29, 1.82) is 0 Å². The first kappa shape index (κ1) is 13.9. The second-order valence-electron chi connectivity index (χ2n) is 5.31. The smallest absolute Gasteiger partial charge is 0.224 e. The highest BCUT2D eigenvalue weighted by Crippen LogP contribution is 2.23. The number of amides is 1. The predicted octanol–water partition coefficient (Wildman–Crippen LogP) is 1.60. The number of phenols is 1. The van der Waals surface area contributed by atoms with E-state index in [1.165, 1.54) is 0 Å². The molecule has 0 unspecified atom stereocenters. The SMILES string of the molecule is O=C(Cc1cccc(O)c1)NC1CCC(CO)CC1. The molecular formula is C15H21NO3. The van der Waals surface area contributed by atoms with Crippen LogP contribution in [0.5, 0.6) is 5.75 Å². The van der Waals surface area contributed by atoms with Gasteiger partial charge in [-0.3, -0.25) is 4.79 Å². The Morgan fingerprint density at radius 3 is 2.63 bits per heavy atom. The third-order valence-electron chi connectivity index (χ3n) is 3.75. The molecule has 0 aromatic heterocycles. The van der Waals surface area contributed by atoms with E-state index >= 15 is 0 Å². The number of aliphatic hydroxyl groups is 1. The first-order valence-electron chi connectivity index (χ1n) is 6.85. The molecule has 1 aromatic carbocycles. The van der Waals surface area contributed by atoms with E-state index in [2.05, 4.69) is 5.32 Å². The largest absolute Gasteiger partial charge is 0.508 e. The van der Waals surface area contributed by atoms with Crippen molar-refractivity contribution in [3.05, 3.63) is 29.8 Å². The molecule has 0 bridgehead atoms. The Kier molecular flexibility index (Phi) is 4.80. The van der Waals surface area contributed by atoms with Crippen LogP contribution in [-0.4, -0.2) is 28.8 Å². The van der Waals surface area contributed by atoms with E-state index in [-0.39, 0.29) is 24.3 Å². The second kappa shape index (κ2) is 6.57. The summed E-state index contributed by atoms with van der Waals surface area (Å²) < 4.78 is 0. The number of phenolic OH excluding ortho intramolecular Hbond substituents is 1. The minimum Gasteiger partial charge on any atom is -0.508 e. The zero-order valence-corrected chi connectivity index (χ0v) is 11.0. The van der Waals surface area contributed by atoms with Gasteiger partial charge >= 0.3 is 0 Å². The van der Waals surface area contributed by atoms with Gasteiger partial charge in [-0.25, -0.2) is 0 Å². The quantitative estimate of drug-likeness (QED) is 0.773. The van der Waals surface area contributed by atoms with Gasteiger partial charge in [-0.1, -0.05) is 12.1 Å². The van der Waals surface area contributed by atoms with Gasteiger partial charge in [0.1, 0.15) is 5.75 Å². The van der Waals surface area contributed by atoms with Crippen molar-refractivity contribution in [2.45, 2.75) is 38.1 Å². The maximum atomic E-state index is 11.9. The molecule has 1 amide bonds. The molecule has 0 aliphatic heterocycles. The highest BCUT2D eigenvalue weighted by molar-refractivity contribution is 5.78. The number of carbonyl (C=O) groups is 1. The van der Waals surface area contributed by atoms with Gasteiger partial charge in [-0.15, -0.1) is 0 Å². The molecule has 0 radical (unpaired) electrons. The van der Waals surface area contributed by atoms with Crippen LogP contribution in [0.3, 0.4) is 0 Å². The highest BCUT2D eigenvalue weighted by atomic mass is 16.3. The summed E-state index contributed by atoms with van der Waals surface area (Å²) >= 11 is 0. The van der Waals surface area contributed by atoms with Crippen molar-refractivity contribution in [2.75, 3.05) is 6.61 Å². The topological polar surface area (TPSA) is 69.6 Å². The van der Waals surface area contributed by atoms with Crippen molar-refractivity contribution in [1.82, 2.24) is 5.32 Å². The summed E-state index contributed by atoms with van der Waals surface area (Å²) in [5.41, 5.74) is 0.821. The van der Waals surface area contributed by atoms with Gasteiger partial charge in [0.2, 0.25) is 5.91 Å². The van der Waals surface area contributed by atoms with Crippen molar-refractivity contribution >= 4 is 5.91 Å². The lowest BCUT2D eigenvalue weighted by atomic mass is 9.86. The molecule has 2 rings (SSSR count). The molecule has 3 N–H and O–H groups in total. The van der Waals surface area contributed by atoms with Gasteiger partial charge in [0.05, 0.1) is 6.42 Å². The van der Waals surface area contributed by atoms with Crippen molar-refractivity contribution in [2.24, 2.45) is 5.92 Å². The van der Waals surface area contributed by atoms with Crippen LogP contribution in [0.4, 0.5) is 0 Å². The Morgan fingerprint density at radius 2 is 2.00 bits per heavy atom. The number of aliphatic hydroxyl groups excluding tert-OH is 1. The molecule has 1 saturated carbocycles. The molecule has 19 heavy (non-hydrogen) atoms. The first-order chi connectivity index (χ1) is 9.17. The summed E-state index contributed by atoms with van der Waals surface area (Å²) in [6.45, 7) is 0.254. The fraction of sp³-hybridized carbons (Fsp3) is 0.533. The zero-order chi connectivity index (χ0) is 13.7. The normalized spacial score (nSPS) is 23.0. The average molecular weight is 263 g/mol. The van der Waals surface area contributed by atoms with Crippen LogP contribution in [0.15, 0.2) is 24.3 Å². The van der Waals surface area contributed by atoms with E-state index in [0.717, 1.165) is 31.2 Å². The van der Waals surface area contributed by atoms with Crippen molar-refractivity contribution in [3.63, 3.8) is 0 Å². The van der Waals surface area contributed by atoms with Gasteiger partial charge in [-0.05, 0) is 49.3 Å². The van der Waals surface area contributed by atoms with E-state index in [9.17, 15) is 9.90 Å². The van der Waals surface area contributed by atoms with Crippen LogP contribution in [0.2, 0.25) is 0 Å². The number of rotatable bonds is 4. The molecule has 4 heteroatoms. The molecule has 1 aliphatic carbocycles. The first-order valence-corrected chi connectivity index (χ1v) is 6.85. The third kappa shape index (κ3) is 4.24. The van der Waals surface area contributed by atoms with E-state index in [0.29, 0.717) is 12.3 Å². The zero-order valence-electron chi connectivity index (χ0n) is 11.0. The van der Waals surface area contributed by atoms with Crippen LogP contribution in [0, 0.1) is 5.92 Å². The molecular weight excluding hydrogens is 242 g/mol. The van der Waals surface area contributed by atoms with Crippen LogP contribution in [-0.2, 0) is 11.2 Å². The molecule has 0 heterocycles. The van der Waals surface area contributed by atoms with Crippen LogP contribution >= 0.6 is 0 Å². The third-order valence-corrected chi connectivity index (χ3v) is 3.75. The summed E-state index contributed by atoms with van der Waals surface area (Å²) in [6, 6.07) is 7.01. The lowest BCUT2D eigenvalue weighted by Crippen LogP contribution is -2.38. The monoisotopic (exact) mass is 263 g/mol. The Labute approximate surface area is 113 Å². The van der Waals surface area contributed by atoms with E-state index in [1.807, 2.05) is 6.07 Å². The molecule has 1 aliphatic rings. The van der Waals surface area contributed by atoms with Gasteiger partial charge in [-0.2, -0.15) is 0 Å². The van der Waals surface area contributed by atoms with Gasteiger partial charge in [0.25, 0.3) is 0 Å². The number of benzene rings is 1. The number of carbonyl (C=O) groups excluding carboxylic acids is 1. The fourth-order valence-electron chi connectivity index (χ4n) is 2.62. The van der Waals surface area contributed by atoms with Gasteiger partial charge in [0, 0.05) is 12.6 Å². The van der Waals surface area contributed by atoms with E-state index < -0.39 is 0 Å². The fourth-order valence-corrected chi connectivity index (χ4v) is 2.62. The Hall–Kier alpha value is -1.55. The number of hydrogen-bond donors (Lipinski definition) is 3. The number of hydrogen-bond acceptors (Lipinski definition) is 3. The maximum absolute atomic E-state index is 11.9. The Morgan fingerprint density at radius 1 is 1.26 bits per heavy atom. The molecule has 0 spiro atoms. The van der Waals surface area contributed by atoms with Crippen molar-refractivity contribution < 1.29 is 15.0 Å². The molecule has 1 fully saturated rings. The number of nitrogens with one attached hydrogen (secondary N) is 1. The van der Waals surface area contributed by atoms with Crippen molar-refractivity contribution in [3.8, 4) is 5.75 Å². The van der Waals surface area contributed by atoms with Crippen LogP contribution in [0.1, 0.15) is 31.2 Å². The highest BCUT2D eigenvalue weighted by Gasteiger charge is 2.21. The summed E-state index contributed by atoms with van der Waals surface area (Å²) in [6.07, 6.45) is 4.14. The summed E-state index contributed by atoms with van der Waals surface area (Å²) in [4.78, 5) is 11.9. The van der Waals surface area contributed by atoms with Gasteiger partial charge in [0.15, 0.2) is 0 Å². The molecule has 1 aromatic rings. The Balaban J connectivity index is 1.79. The minimum atomic E-state index is -0.00181. The standard InChI is InChI=1S/C15H21NO3/c17-10-11-4-6-13(7-5-11)16-15(19)9-12-2-1-3-14(18)8-12/h1-3,8,11,13,17-18H,4-7,9-10H2,(H,16,19). The van der Waals surface area contributed by atoms with Gasteiger partial charge < -0.3 is 15.5 Å². The summed E-state index contributed by atoms with van der Waals surface area (Å²) in [5, 5.41) is 21.4.